The third kappa shape index (κ3) is 1.68. The molecule has 2 aromatic rings. The summed E-state index contributed by atoms with van der Waals surface area (Å²) in [7, 11) is 0. The van der Waals surface area contributed by atoms with Crippen LogP contribution in [0.3, 0.4) is 0 Å². The van der Waals surface area contributed by atoms with Crippen molar-refractivity contribution in [3.05, 3.63) is 60.2 Å². The lowest BCUT2D eigenvalue weighted by molar-refractivity contribution is -0.114. The van der Waals surface area contributed by atoms with E-state index in [0.717, 1.165) is 0 Å². The largest absolute Gasteiger partial charge is 0.319 e. The van der Waals surface area contributed by atoms with Crippen LogP contribution in [0.4, 0.5) is 11.4 Å². The first-order valence-electron chi connectivity index (χ1n) is 5.78. The average molecular weight is 253 g/mol. The fraction of sp³-hybridized carbons (Fsp3) is 0. The lowest BCUT2D eigenvalue weighted by Gasteiger charge is -2.28. The summed E-state index contributed by atoms with van der Waals surface area (Å²) < 4.78 is 0. The van der Waals surface area contributed by atoms with Gasteiger partial charge in [0, 0.05) is 0 Å². The van der Waals surface area contributed by atoms with Crippen molar-refractivity contribution in [2.24, 2.45) is 5.84 Å². The van der Waals surface area contributed by atoms with Crippen LogP contribution in [0.5, 0.6) is 0 Å². The highest BCUT2D eigenvalue weighted by Gasteiger charge is 2.38. The van der Waals surface area contributed by atoms with Gasteiger partial charge in [0.25, 0.3) is 5.78 Å². The molecule has 0 atom stereocenters. The molecule has 5 nitrogen and oxygen atoms in total. The van der Waals surface area contributed by atoms with Gasteiger partial charge >= 0.3 is 5.91 Å². The molecular formula is C14H11N3O2. The number of anilines is 2. The maximum absolute atomic E-state index is 12.0. The molecule has 1 aliphatic heterocycles. The van der Waals surface area contributed by atoms with E-state index in [1.54, 1.807) is 36.4 Å². The minimum atomic E-state index is -0.646. The Kier molecular flexibility index (Phi) is 2.54. The number of Topliss-reactive ketones (excluding diaryl/α,β-unsaturated/α-hetero) is 1. The van der Waals surface area contributed by atoms with Crippen LogP contribution in [0.2, 0.25) is 0 Å². The summed E-state index contributed by atoms with van der Waals surface area (Å²) in [5.74, 6) is 4.77. The minimum absolute atomic E-state index is 0.374. The molecule has 3 rings (SSSR count). The number of rotatable bonds is 2. The van der Waals surface area contributed by atoms with Gasteiger partial charge in [-0.05, 0) is 24.3 Å². The van der Waals surface area contributed by atoms with Crippen molar-refractivity contribution in [1.82, 2.24) is 0 Å². The Balaban J connectivity index is 2.07. The molecule has 19 heavy (non-hydrogen) atoms. The standard InChI is InChI=1S/C14H11N3O2/c15-17(10-6-2-1-3-7-10)16-12-9-5-4-8-11(12)13(18)14(16)19/h1-9H,15H2. The van der Waals surface area contributed by atoms with Crippen LogP contribution in [0, 0.1) is 0 Å². The molecule has 1 amide bonds. The summed E-state index contributed by atoms with van der Waals surface area (Å²) in [6.45, 7) is 0. The van der Waals surface area contributed by atoms with Crippen LogP contribution in [0.25, 0.3) is 0 Å². The molecule has 2 aromatic carbocycles. The quantitative estimate of drug-likeness (QED) is 0.500. The van der Waals surface area contributed by atoms with Gasteiger partial charge in [-0.1, -0.05) is 30.3 Å². The van der Waals surface area contributed by atoms with E-state index in [9.17, 15) is 9.59 Å². The molecule has 0 spiro atoms. The van der Waals surface area contributed by atoms with Crippen LogP contribution in [0.15, 0.2) is 54.6 Å². The van der Waals surface area contributed by atoms with E-state index in [2.05, 4.69) is 0 Å². The number of benzene rings is 2. The topological polar surface area (TPSA) is 66.6 Å². The van der Waals surface area contributed by atoms with E-state index in [1.165, 1.54) is 10.1 Å². The zero-order chi connectivity index (χ0) is 13.4. The van der Waals surface area contributed by atoms with Crippen LogP contribution >= 0.6 is 0 Å². The van der Waals surface area contributed by atoms with Gasteiger partial charge in [-0.25, -0.2) is 11.0 Å². The smallest absolute Gasteiger partial charge is 0.283 e. The lowest BCUT2D eigenvalue weighted by Crippen LogP contribution is -2.50. The summed E-state index contributed by atoms with van der Waals surface area (Å²) in [4.78, 5) is 23.9. The molecule has 0 unspecified atom stereocenters. The first-order valence-corrected chi connectivity index (χ1v) is 5.78. The van der Waals surface area contributed by atoms with Gasteiger partial charge in [0.15, 0.2) is 0 Å². The Morgan fingerprint density at radius 2 is 1.53 bits per heavy atom. The summed E-state index contributed by atoms with van der Waals surface area (Å²) in [6, 6.07) is 15.8. The second-order valence-corrected chi connectivity index (χ2v) is 4.14. The number of nitrogens with two attached hydrogens (primary N) is 1. The van der Waals surface area contributed by atoms with E-state index in [4.69, 9.17) is 5.84 Å². The van der Waals surface area contributed by atoms with Crippen LogP contribution in [0.1, 0.15) is 10.4 Å². The third-order valence-electron chi connectivity index (χ3n) is 3.00. The fourth-order valence-electron chi connectivity index (χ4n) is 2.08. The highest BCUT2D eigenvalue weighted by atomic mass is 16.2. The number of carbonyl (C=O) groups is 2. The number of hydrogen-bond acceptors (Lipinski definition) is 4. The van der Waals surface area contributed by atoms with Crippen LogP contribution < -0.4 is 16.0 Å². The van der Waals surface area contributed by atoms with Gasteiger partial charge in [-0.2, -0.15) is 5.01 Å². The minimum Gasteiger partial charge on any atom is -0.283 e. The average Bonchev–Trinajstić information content (AvgIpc) is 2.72. The van der Waals surface area contributed by atoms with E-state index in [-0.39, 0.29) is 0 Å². The molecule has 0 aromatic heterocycles. The molecule has 0 fully saturated rings. The summed E-state index contributed by atoms with van der Waals surface area (Å²) in [5, 5.41) is 2.37. The number of nitrogens with zero attached hydrogens (tertiary/aromatic N) is 2. The molecule has 0 aliphatic carbocycles. The number of hydrogen-bond donors (Lipinski definition) is 1. The molecule has 1 heterocycles. The molecule has 0 bridgehead atoms. The summed E-state index contributed by atoms with van der Waals surface area (Å²) in [5.41, 5.74) is 1.50. The highest BCUT2D eigenvalue weighted by Crippen LogP contribution is 2.30. The first-order chi connectivity index (χ1) is 9.20. The van der Waals surface area contributed by atoms with Crippen LogP contribution in [-0.2, 0) is 4.79 Å². The van der Waals surface area contributed by atoms with Gasteiger partial charge in [-0.3, -0.25) is 9.59 Å². The van der Waals surface area contributed by atoms with Crippen molar-refractivity contribution in [3.8, 4) is 0 Å². The molecule has 5 heteroatoms. The van der Waals surface area contributed by atoms with E-state index < -0.39 is 11.7 Å². The van der Waals surface area contributed by atoms with Crippen molar-refractivity contribution in [2.75, 3.05) is 10.1 Å². The number of amides is 1. The van der Waals surface area contributed by atoms with E-state index in [0.29, 0.717) is 16.9 Å². The molecule has 2 N–H and O–H groups in total. The Hall–Kier alpha value is -2.66. The Bertz CT molecular complexity index is 655. The predicted molar refractivity (Wildman–Crippen MR) is 71.4 cm³/mol. The Morgan fingerprint density at radius 3 is 2.26 bits per heavy atom. The lowest BCUT2D eigenvalue weighted by atomic mass is 10.1. The predicted octanol–water partition coefficient (Wildman–Crippen LogP) is 1.51. The Labute approximate surface area is 109 Å². The number of hydrazine groups is 2. The highest BCUT2D eigenvalue weighted by molar-refractivity contribution is 6.52. The summed E-state index contributed by atoms with van der Waals surface area (Å²) in [6.07, 6.45) is 0. The third-order valence-corrected chi connectivity index (χ3v) is 3.00. The van der Waals surface area contributed by atoms with Crippen molar-refractivity contribution in [2.45, 2.75) is 0 Å². The zero-order valence-electron chi connectivity index (χ0n) is 9.98. The number of para-hydroxylation sites is 2. The van der Waals surface area contributed by atoms with Crippen molar-refractivity contribution < 1.29 is 9.59 Å². The first kappa shape index (κ1) is 11.4. The monoisotopic (exact) mass is 253 g/mol. The van der Waals surface area contributed by atoms with Crippen molar-refractivity contribution in [1.29, 1.82) is 0 Å². The SMILES string of the molecule is NN(c1ccccc1)N1C(=O)C(=O)c2ccccc21. The second kappa shape index (κ2) is 4.22. The number of fused-ring (bicyclic) bond motifs is 1. The van der Waals surface area contributed by atoms with E-state index >= 15 is 0 Å². The second-order valence-electron chi connectivity index (χ2n) is 4.14. The van der Waals surface area contributed by atoms with Gasteiger partial charge in [0.2, 0.25) is 0 Å². The van der Waals surface area contributed by atoms with Gasteiger partial charge in [0.05, 0.1) is 16.9 Å². The maximum Gasteiger partial charge on any atom is 0.319 e. The fourth-order valence-corrected chi connectivity index (χ4v) is 2.08. The van der Waals surface area contributed by atoms with Gasteiger partial charge < -0.3 is 0 Å². The molecule has 1 aliphatic rings. The summed E-state index contributed by atoms with van der Waals surface area (Å²) >= 11 is 0. The molecule has 0 saturated carbocycles. The number of ketones is 1. The van der Waals surface area contributed by atoms with Gasteiger partial charge in [-0.15, -0.1) is 0 Å². The molecule has 94 valence electrons. The van der Waals surface area contributed by atoms with Crippen LogP contribution in [-0.4, -0.2) is 11.7 Å². The zero-order valence-corrected chi connectivity index (χ0v) is 9.98. The maximum atomic E-state index is 12.0. The van der Waals surface area contributed by atoms with E-state index in [1.807, 2.05) is 18.2 Å². The molecular weight excluding hydrogens is 242 g/mol. The molecule has 0 radical (unpaired) electrons. The Morgan fingerprint density at radius 1 is 0.895 bits per heavy atom. The molecule has 0 saturated heterocycles. The van der Waals surface area contributed by atoms with Gasteiger partial charge in [0.1, 0.15) is 0 Å². The van der Waals surface area contributed by atoms with Crippen molar-refractivity contribution >= 4 is 23.1 Å². The normalized spacial score (nSPS) is 13.6. The van der Waals surface area contributed by atoms with Crippen molar-refractivity contribution in [3.63, 3.8) is 0 Å². The number of carbonyl (C=O) groups excluding carboxylic acids is 2.